The molecule has 0 spiro atoms. The number of ether oxygens (including phenoxy) is 1. The van der Waals surface area contributed by atoms with Gasteiger partial charge in [0.25, 0.3) is 5.91 Å². The molecule has 0 unspecified atom stereocenters. The second-order valence-electron chi connectivity index (χ2n) is 8.00. The Labute approximate surface area is 176 Å². The first-order valence-electron chi connectivity index (χ1n) is 10.6. The number of carbonyl (C=O) groups is 3. The van der Waals surface area contributed by atoms with Crippen molar-refractivity contribution in [2.45, 2.75) is 38.1 Å². The van der Waals surface area contributed by atoms with Crippen LogP contribution in [0.25, 0.3) is 0 Å². The molecule has 1 N–H and O–H groups in total. The van der Waals surface area contributed by atoms with Gasteiger partial charge >= 0.3 is 0 Å². The number of benzene rings is 1. The molecule has 0 bridgehead atoms. The first-order valence-corrected chi connectivity index (χ1v) is 10.6. The number of halogens is 1. The van der Waals surface area contributed by atoms with Crippen LogP contribution in [0.5, 0.6) is 0 Å². The van der Waals surface area contributed by atoms with Gasteiger partial charge in [-0.25, -0.2) is 4.39 Å². The van der Waals surface area contributed by atoms with Gasteiger partial charge in [-0.1, -0.05) is 0 Å². The van der Waals surface area contributed by atoms with Crippen molar-refractivity contribution >= 4 is 17.7 Å². The van der Waals surface area contributed by atoms with Gasteiger partial charge in [-0.15, -0.1) is 0 Å². The first-order chi connectivity index (χ1) is 14.5. The zero-order chi connectivity index (χ0) is 21.5. The van der Waals surface area contributed by atoms with Crippen molar-refractivity contribution in [1.29, 1.82) is 0 Å². The topological polar surface area (TPSA) is 79.0 Å². The van der Waals surface area contributed by atoms with E-state index in [9.17, 15) is 18.8 Å². The van der Waals surface area contributed by atoms with E-state index in [1.165, 1.54) is 31.4 Å². The quantitative estimate of drug-likeness (QED) is 0.763. The number of nitrogens with one attached hydrogen (secondary N) is 1. The van der Waals surface area contributed by atoms with Gasteiger partial charge in [-0.2, -0.15) is 0 Å². The van der Waals surface area contributed by atoms with Crippen molar-refractivity contribution in [2.75, 3.05) is 39.9 Å². The highest BCUT2D eigenvalue weighted by atomic mass is 19.1. The number of hydrogen-bond donors (Lipinski definition) is 1. The fraction of sp³-hybridized carbons (Fsp3) is 0.591. The molecule has 164 valence electrons. The number of nitrogens with zero attached hydrogens (tertiary/aromatic N) is 2. The highest BCUT2D eigenvalue weighted by molar-refractivity contribution is 5.97. The summed E-state index contributed by atoms with van der Waals surface area (Å²) in [5.41, 5.74) is 0.320. The van der Waals surface area contributed by atoms with Gasteiger partial charge in [0.1, 0.15) is 18.5 Å². The predicted molar refractivity (Wildman–Crippen MR) is 109 cm³/mol. The summed E-state index contributed by atoms with van der Waals surface area (Å²) in [6, 6.07) is 4.64. The molecule has 2 heterocycles. The molecule has 1 aromatic rings. The lowest BCUT2D eigenvalue weighted by Crippen LogP contribution is -2.55. The molecule has 7 nitrogen and oxygen atoms in total. The molecule has 1 atom stereocenters. The van der Waals surface area contributed by atoms with E-state index in [0.717, 1.165) is 19.3 Å². The Bertz CT molecular complexity index is 741. The minimum absolute atomic E-state index is 0.0438. The monoisotopic (exact) mass is 419 g/mol. The van der Waals surface area contributed by atoms with Crippen molar-refractivity contribution in [3.05, 3.63) is 35.6 Å². The zero-order valence-corrected chi connectivity index (χ0v) is 17.4. The summed E-state index contributed by atoms with van der Waals surface area (Å²) in [4.78, 5) is 41.7. The molecular formula is C22H30FN3O4. The maximum Gasteiger partial charge on any atom is 0.251 e. The van der Waals surface area contributed by atoms with E-state index in [-0.39, 0.29) is 30.2 Å². The van der Waals surface area contributed by atoms with Crippen LogP contribution < -0.4 is 5.32 Å². The Morgan fingerprint density at radius 2 is 1.67 bits per heavy atom. The van der Waals surface area contributed by atoms with Gasteiger partial charge in [0, 0.05) is 38.9 Å². The Kier molecular flexibility index (Phi) is 7.79. The molecule has 2 fully saturated rings. The summed E-state index contributed by atoms with van der Waals surface area (Å²) < 4.78 is 18.1. The lowest BCUT2D eigenvalue weighted by Gasteiger charge is -2.38. The molecule has 1 aromatic carbocycles. The Hall–Kier alpha value is -2.48. The van der Waals surface area contributed by atoms with Crippen molar-refractivity contribution in [3.63, 3.8) is 0 Å². The fourth-order valence-electron chi connectivity index (χ4n) is 4.22. The highest BCUT2D eigenvalue weighted by Crippen LogP contribution is 2.24. The van der Waals surface area contributed by atoms with E-state index in [2.05, 4.69) is 5.32 Å². The number of hydrogen-bond acceptors (Lipinski definition) is 4. The van der Waals surface area contributed by atoms with Crippen molar-refractivity contribution < 1.29 is 23.5 Å². The van der Waals surface area contributed by atoms with Crippen LogP contribution >= 0.6 is 0 Å². The normalized spacial score (nSPS) is 18.7. The third-order valence-electron chi connectivity index (χ3n) is 5.96. The third-order valence-corrected chi connectivity index (χ3v) is 5.96. The number of carbonyl (C=O) groups excluding carboxylic acids is 3. The van der Waals surface area contributed by atoms with Crippen LogP contribution in [0.15, 0.2) is 24.3 Å². The van der Waals surface area contributed by atoms with Crippen LogP contribution in [0.2, 0.25) is 0 Å². The number of likely N-dealkylation sites (tertiary alicyclic amines) is 2. The average molecular weight is 419 g/mol. The predicted octanol–water partition coefficient (Wildman–Crippen LogP) is 1.82. The standard InChI is InChI=1S/C22H30FN3O4/c1-30-15-19(27)25-13-9-16(10-14-25)20(22(29)26-11-3-2-4-12-26)24-21(28)17-5-7-18(23)8-6-17/h5-8,16,20H,2-4,9-15H2,1H3,(H,24,28)/t20-/m0/s1. The summed E-state index contributed by atoms with van der Waals surface area (Å²) in [7, 11) is 1.49. The molecule has 0 aliphatic carbocycles. The van der Waals surface area contributed by atoms with Crippen molar-refractivity contribution in [3.8, 4) is 0 Å². The Balaban J connectivity index is 1.71. The van der Waals surface area contributed by atoms with Crippen molar-refractivity contribution in [2.24, 2.45) is 5.92 Å². The summed E-state index contributed by atoms with van der Waals surface area (Å²) in [6.07, 6.45) is 4.30. The molecule has 0 aromatic heterocycles. The zero-order valence-electron chi connectivity index (χ0n) is 17.4. The Morgan fingerprint density at radius 1 is 1.03 bits per heavy atom. The molecule has 30 heavy (non-hydrogen) atoms. The summed E-state index contributed by atoms with van der Waals surface area (Å²) in [5, 5.41) is 2.91. The molecule has 3 amide bonds. The van der Waals surface area contributed by atoms with Gasteiger partial charge < -0.3 is 19.9 Å². The van der Waals surface area contributed by atoms with E-state index in [0.29, 0.717) is 44.6 Å². The molecule has 0 radical (unpaired) electrons. The summed E-state index contributed by atoms with van der Waals surface area (Å²) >= 11 is 0. The van der Waals surface area contributed by atoms with E-state index in [1.807, 2.05) is 4.90 Å². The van der Waals surface area contributed by atoms with E-state index >= 15 is 0 Å². The van der Waals surface area contributed by atoms with Crippen LogP contribution in [0, 0.1) is 11.7 Å². The van der Waals surface area contributed by atoms with Gasteiger partial charge in [-0.3, -0.25) is 14.4 Å². The van der Waals surface area contributed by atoms with Crippen LogP contribution in [0.4, 0.5) is 4.39 Å². The fourth-order valence-corrected chi connectivity index (χ4v) is 4.22. The van der Waals surface area contributed by atoms with Gasteiger partial charge in [0.05, 0.1) is 0 Å². The summed E-state index contributed by atoms with van der Waals surface area (Å²) in [5.74, 6) is -0.990. The number of amides is 3. The SMILES string of the molecule is COCC(=O)N1CCC([C@H](NC(=O)c2ccc(F)cc2)C(=O)N2CCCCC2)CC1. The molecule has 2 saturated heterocycles. The van der Waals surface area contributed by atoms with Crippen LogP contribution in [0.3, 0.4) is 0 Å². The number of rotatable bonds is 6. The molecule has 2 aliphatic rings. The number of methoxy groups -OCH3 is 1. The van der Waals surface area contributed by atoms with Crippen molar-refractivity contribution in [1.82, 2.24) is 15.1 Å². The van der Waals surface area contributed by atoms with Crippen LogP contribution in [-0.4, -0.2) is 73.5 Å². The third kappa shape index (κ3) is 5.56. The second kappa shape index (κ2) is 10.5. The van der Waals surface area contributed by atoms with Crippen LogP contribution in [0.1, 0.15) is 42.5 Å². The maximum atomic E-state index is 13.3. The van der Waals surface area contributed by atoms with Crippen LogP contribution in [-0.2, 0) is 14.3 Å². The lowest BCUT2D eigenvalue weighted by atomic mass is 9.87. The summed E-state index contributed by atoms with van der Waals surface area (Å²) in [6.45, 7) is 2.51. The minimum Gasteiger partial charge on any atom is -0.375 e. The smallest absolute Gasteiger partial charge is 0.251 e. The molecular weight excluding hydrogens is 389 g/mol. The maximum absolute atomic E-state index is 13.3. The van der Waals surface area contributed by atoms with Gasteiger partial charge in [-0.05, 0) is 62.3 Å². The molecule has 3 rings (SSSR count). The largest absolute Gasteiger partial charge is 0.375 e. The highest BCUT2D eigenvalue weighted by Gasteiger charge is 2.36. The Morgan fingerprint density at radius 3 is 2.27 bits per heavy atom. The lowest BCUT2D eigenvalue weighted by molar-refractivity contribution is -0.138. The van der Waals surface area contributed by atoms with E-state index in [4.69, 9.17) is 4.74 Å². The first kappa shape index (κ1) is 22.2. The van der Waals surface area contributed by atoms with E-state index < -0.39 is 11.9 Å². The van der Waals surface area contributed by atoms with Gasteiger partial charge in [0.15, 0.2) is 0 Å². The average Bonchev–Trinajstić information content (AvgIpc) is 2.78. The molecule has 8 heteroatoms. The van der Waals surface area contributed by atoms with Gasteiger partial charge in [0.2, 0.25) is 11.8 Å². The molecule has 2 aliphatic heterocycles. The minimum atomic E-state index is -0.652. The van der Waals surface area contributed by atoms with E-state index in [1.54, 1.807) is 4.90 Å². The second-order valence-corrected chi connectivity index (χ2v) is 8.00. The number of piperidine rings is 2. The molecule has 0 saturated carbocycles.